The van der Waals surface area contributed by atoms with Gasteiger partial charge in [0.15, 0.2) is 0 Å². The molecule has 0 aromatic carbocycles. The van der Waals surface area contributed by atoms with Crippen molar-refractivity contribution < 1.29 is 13.0 Å². The van der Waals surface area contributed by atoms with Crippen molar-refractivity contribution in [3.63, 3.8) is 0 Å². The average Bonchev–Trinajstić information content (AvgIpc) is 2.29. The van der Waals surface area contributed by atoms with E-state index in [0.717, 1.165) is 0 Å². The number of halogens is 1. The van der Waals surface area contributed by atoms with Gasteiger partial charge in [-0.3, -0.25) is 14.5 Å². The molecular formula is C10H7ClN2O3S. The Bertz CT molecular complexity index is 641. The van der Waals surface area contributed by atoms with E-state index in [2.05, 4.69) is 9.97 Å². The molecule has 0 fully saturated rings. The lowest BCUT2D eigenvalue weighted by Crippen LogP contribution is -2.02. The van der Waals surface area contributed by atoms with Crippen molar-refractivity contribution in [1.82, 2.24) is 9.97 Å². The SMILES string of the molecule is O=S(=O)(O)c1cccnc1-c1ccc(Cl)cn1. The maximum atomic E-state index is 11.2. The monoisotopic (exact) mass is 270 g/mol. The van der Waals surface area contributed by atoms with Gasteiger partial charge in [-0.15, -0.1) is 0 Å². The van der Waals surface area contributed by atoms with Crippen LogP contribution in [0.1, 0.15) is 0 Å². The lowest BCUT2D eigenvalue weighted by atomic mass is 10.2. The fourth-order valence-corrected chi connectivity index (χ4v) is 2.07. The molecule has 0 spiro atoms. The van der Waals surface area contributed by atoms with E-state index in [-0.39, 0.29) is 10.6 Å². The first-order chi connectivity index (χ1) is 7.98. The summed E-state index contributed by atoms with van der Waals surface area (Å²) < 4.78 is 31.4. The Hall–Kier alpha value is -1.50. The Kier molecular flexibility index (Phi) is 3.10. The largest absolute Gasteiger partial charge is 0.296 e. The molecule has 0 bridgehead atoms. The van der Waals surface area contributed by atoms with E-state index in [4.69, 9.17) is 16.2 Å². The average molecular weight is 271 g/mol. The van der Waals surface area contributed by atoms with Gasteiger partial charge in [0.2, 0.25) is 0 Å². The zero-order valence-corrected chi connectivity index (χ0v) is 9.98. The van der Waals surface area contributed by atoms with Crippen molar-refractivity contribution in [2.75, 3.05) is 0 Å². The minimum atomic E-state index is -4.33. The summed E-state index contributed by atoms with van der Waals surface area (Å²) in [5.41, 5.74) is 0.411. The quantitative estimate of drug-likeness (QED) is 0.845. The fraction of sp³-hybridized carbons (Fsp3) is 0. The summed E-state index contributed by atoms with van der Waals surface area (Å²) in [5, 5.41) is 0.429. The zero-order valence-electron chi connectivity index (χ0n) is 8.41. The Balaban J connectivity index is 2.64. The molecule has 17 heavy (non-hydrogen) atoms. The van der Waals surface area contributed by atoms with Crippen LogP contribution < -0.4 is 0 Å². The molecule has 2 aromatic rings. The van der Waals surface area contributed by atoms with Gasteiger partial charge in [0.25, 0.3) is 10.1 Å². The number of pyridine rings is 2. The highest BCUT2D eigenvalue weighted by Crippen LogP contribution is 2.23. The van der Waals surface area contributed by atoms with E-state index in [1.807, 2.05) is 0 Å². The Morgan fingerprint density at radius 3 is 2.53 bits per heavy atom. The molecule has 2 rings (SSSR count). The third-order valence-electron chi connectivity index (χ3n) is 2.02. The van der Waals surface area contributed by atoms with Crippen molar-refractivity contribution in [2.45, 2.75) is 4.90 Å². The highest BCUT2D eigenvalue weighted by Gasteiger charge is 2.17. The first-order valence-corrected chi connectivity index (χ1v) is 6.35. The van der Waals surface area contributed by atoms with Crippen LogP contribution in [0.5, 0.6) is 0 Å². The van der Waals surface area contributed by atoms with Gasteiger partial charge in [-0.05, 0) is 24.3 Å². The van der Waals surface area contributed by atoms with E-state index in [0.29, 0.717) is 10.7 Å². The van der Waals surface area contributed by atoms with Gasteiger partial charge in [0.1, 0.15) is 10.6 Å². The second-order valence-corrected chi connectivity index (χ2v) is 5.01. The Morgan fingerprint density at radius 2 is 1.94 bits per heavy atom. The van der Waals surface area contributed by atoms with E-state index < -0.39 is 10.1 Å². The van der Waals surface area contributed by atoms with Gasteiger partial charge in [-0.2, -0.15) is 8.42 Å². The third-order valence-corrected chi connectivity index (χ3v) is 3.13. The number of hydrogen-bond acceptors (Lipinski definition) is 4. The number of nitrogens with zero attached hydrogens (tertiary/aromatic N) is 2. The molecule has 0 unspecified atom stereocenters. The molecule has 0 aliphatic rings. The van der Waals surface area contributed by atoms with Crippen LogP contribution >= 0.6 is 11.6 Å². The molecule has 0 radical (unpaired) electrons. The lowest BCUT2D eigenvalue weighted by molar-refractivity contribution is 0.483. The number of hydrogen-bond donors (Lipinski definition) is 1. The molecule has 7 heteroatoms. The third kappa shape index (κ3) is 2.60. The topological polar surface area (TPSA) is 80.2 Å². The Morgan fingerprint density at radius 1 is 1.18 bits per heavy atom. The summed E-state index contributed by atoms with van der Waals surface area (Å²) >= 11 is 5.68. The first kappa shape index (κ1) is 12.0. The van der Waals surface area contributed by atoms with Crippen LogP contribution in [-0.4, -0.2) is 22.9 Å². The second kappa shape index (κ2) is 4.40. The number of rotatable bonds is 2. The maximum absolute atomic E-state index is 11.2. The van der Waals surface area contributed by atoms with Gasteiger partial charge >= 0.3 is 0 Å². The summed E-state index contributed by atoms with van der Waals surface area (Å²) in [6, 6.07) is 5.77. The van der Waals surface area contributed by atoms with E-state index >= 15 is 0 Å². The van der Waals surface area contributed by atoms with E-state index in [9.17, 15) is 8.42 Å². The van der Waals surface area contributed by atoms with Crippen molar-refractivity contribution >= 4 is 21.7 Å². The predicted octanol–water partition coefficient (Wildman–Crippen LogP) is 2.04. The van der Waals surface area contributed by atoms with Crippen molar-refractivity contribution in [3.05, 3.63) is 41.7 Å². The molecule has 0 amide bonds. The van der Waals surface area contributed by atoms with E-state index in [1.54, 1.807) is 6.07 Å². The highest BCUT2D eigenvalue weighted by atomic mass is 35.5. The summed E-state index contributed by atoms with van der Waals surface area (Å²) in [5.74, 6) is 0. The molecule has 0 aliphatic carbocycles. The Labute approximate surface area is 103 Å². The molecule has 0 saturated heterocycles. The normalized spacial score (nSPS) is 11.4. The van der Waals surface area contributed by atoms with Crippen LogP contribution in [0.3, 0.4) is 0 Å². The molecule has 2 aromatic heterocycles. The summed E-state index contributed by atoms with van der Waals surface area (Å²) in [7, 11) is -4.33. The lowest BCUT2D eigenvalue weighted by Gasteiger charge is -2.04. The van der Waals surface area contributed by atoms with Crippen LogP contribution in [-0.2, 0) is 10.1 Å². The van der Waals surface area contributed by atoms with Gasteiger partial charge in [0.05, 0.1) is 10.7 Å². The van der Waals surface area contributed by atoms with Crippen LogP contribution in [0.4, 0.5) is 0 Å². The fourth-order valence-electron chi connectivity index (χ4n) is 1.31. The number of aromatic nitrogens is 2. The smallest absolute Gasteiger partial charge is 0.282 e. The van der Waals surface area contributed by atoms with Gasteiger partial charge in [-0.25, -0.2) is 0 Å². The molecule has 1 N–H and O–H groups in total. The summed E-state index contributed by atoms with van der Waals surface area (Å²) in [6.45, 7) is 0. The molecule has 0 saturated carbocycles. The van der Waals surface area contributed by atoms with Gasteiger partial charge < -0.3 is 0 Å². The van der Waals surface area contributed by atoms with Crippen LogP contribution in [0.15, 0.2) is 41.6 Å². The van der Waals surface area contributed by atoms with Gasteiger partial charge in [0, 0.05) is 12.4 Å². The minimum absolute atomic E-state index is 0.0895. The molecule has 2 heterocycles. The van der Waals surface area contributed by atoms with Crippen LogP contribution in [0, 0.1) is 0 Å². The summed E-state index contributed by atoms with van der Waals surface area (Å²) in [4.78, 5) is 7.57. The molecule has 88 valence electrons. The second-order valence-electron chi connectivity index (χ2n) is 3.19. The van der Waals surface area contributed by atoms with Crippen molar-refractivity contribution in [1.29, 1.82) is 0 Å². The van der Waals surface area contributed by atoms with Gasteiger partial charge in [-0.1, -0.05) is 11.6 Å². The molecular weight excluding hydrogens is 264 g/mol. The summed E-state index contributed by atoms with van der Waals surface area (Å²) in [6.07, 6.45) is 2.79. The zero-order chi connectivity index (χ0) is 12.5. The minimum Gasteiger partial charge on any atom is -0.282 e. The highest BCUT2D eigenvalue weighted by molar-refractivity contribution is 7.86. The predicted molar refractivity (Wildman–Crippen MR) is 62.3 cm³/mol. The van der Waals surface area contributed by atoms with Crippen molar-refractivity contribution in [2.24, 2.45) is 0 Å². The maximum Gasteiger partial charge on any atom is 0.296 e. The van der Waals surface area contributed by atoms with E-state index in [1.165, 1.54) is 30.6 Å². The standard InChI is InChI=1S/C10H7ClN2O3S/c11-7-3-4-8(13-6-7)10-9(17(14,15)16)2-1-5-12-10/h1-6H,(H,14,15,16). The molecule has 5 nitrogen and oxygen atoms in total. The molecule has 0 aliphatic heterocycles. The van der Waals surface area contributed by atoms with Crippen molar-refractivity contribution in [3.8, 4) is 11.4 Å². The molecule has 0 atom stereocenters. The first-order valence-electron chi connectivity index (χ1n) is 4.53. The van der Waals surface area contributed by atoms with Crippen LogP contribution in [0.2, 0.25) is 5.02 Å². The van der Waals surface area contributed by atoms with Crippen LogP contribution in [0.25, 0.3) is 11.4 Å².